The van der Waals surface area contributed by atoms with E-state index in [1.165, 1.54) is 6.07 Å². The summed E-state index contributed by atoms with van der Waals surface area (Å²) in [4.78, 5) is 11.8. The molecule has 1 rings (SSSR count). The molecule has 0 aliphatic heterocycles. The van der Waals surface area contributed by atoms with Crippen LogP contribution in [0.1, 0.15) is 17.6 Å². The fourth-order valence-electron chi connectivity index (χ4n) is 0.974. The number of hydrogen-bond acceptors (Lipinski definition) is 4. The summed E-state index contributed by atoms with van der Waals surface area (Å²) in [5, 5.41) is 18.7. The maximum absolute atomic E-state index is 12.8. The molecule has 5 nitrogen and oxygen atoms in total. The van der Waals surface area contributed by atoms with E-state index in [0.29, 0.717) is 6.20 Å². The van der Waals surface area contributed by atoms with Crippen molar-refractivity contribution in [2.75, 3.05) is 0 Å². The number of nitriles is 1. The zero-order chi connectivity index (χ0) is 11.6. The highest BCUT2D eigenvalue weighted by Crippen LogP contribution is 2.32. The molecular weight excluding hydrogens is 215 g/mol. The number of pyridine rings is 1. The summed E-state index contributed by atoms with van der Waals surface area (Å²) >= 11 is 0. The van der Waals surface area contributed by atoms with E-state index >= 15 is 0 Å². The summed E-state index contributed by atoms with van der Waals surface area (Å²) in [5.74, 6) is -1.63. The number of nitro groups is 1. The van der Waals surface area contributed by atoms with E-state index in [4.69, 9.17) is 5.26 Å². The minimum Gasteiger partial charge on any atom is -0.258 e. The van der Waals surface area contributed by atoms with Crippen LogP contribution in [0.25, 0.3) is 0 Å². The second-order valence-corrected chi connectivity index (χ2v) is 2.39. The first-order chi connectivity index (χ1) is 6.99. The van der Waals surface area contributed by atoms with Crippen molar-refractivity contribution in [2.24, 2.45) is 0 Å². The third kappa shape index (κ3) is 1.85. The molecule has 0 bridgehead atoms. The highest BCUT2D eigenvalue weighted by molar-refractivity contribution is 5.49. The monoisotopic (exact) mass is 217 g/mol. The van der Waals surface area contributed by atoms with E-state index in [9.17, 15) is 23.3 Å². The van der Waals surface area contributed by atoms with Gasteiger partial charge in [0.25, 0.3) is 12.4 Å². The van der Waals surface area contributed by atoms with Crippen LogP contribution in [-0.2, 0) is 0 Å². The van der Waals surface area contributed by atoms with Crippen molar-refractivity contribution in [2.45, 2.75) is 6.43 Å². The van der Waals surface area contributed by atoms with Crippen molar-refractivity contribution in [3.05, 3.63) is 33.4 Å². The molecule has 78 valence electrons. The van der Waals surface area contributed by atoms with E-state index < -0.39 is 34.1 Å². The molecule has 0 amide bonds. The van der Waals surface area contributed by atoms with Gasteiger partial charge in [-0.2, -0.15) is 9.65 Å². The van der Waals surface area contributed by atoms with Crippen LogP contribution in [0.4, 0.5) is 18.9 Å². The summed E-state index contributed by atoms with van der Waals surface area (Å²) in [5.41, 5.74) is -3.41. The maximum Gasteiger partial charge on any atom is 0.334 e. The molecule has 8 heteroatoms. The smallest absolute Gasteiger partial charge is 0.258 e. The van der Waals surface area contributed by atoms with Gasteiger partial charge < -0.3 is 0 Å². The second kappa shape index (κ2) is 3.91. The lowest BCUT2D eigenvalue weighted by atomic mass is 10.1. The number of nitrogens with zero attached hydrogens (tertiary/aromatic N) is 3. The standard InChI is InChI=1S/C7H2F3N3O2/c8-6(9)4-3(1-11)2-12-7(10)5(4)13(14)15/h2,6H. The van der Waals surface area contributed by atoms with E-state index in [1.54, 1.807) is 0 Å². The molecule has 15 heavy (non-hydrogen) atoms. The lowest BCUT2D eigenvalue weighted by Gasteiger charge is -2.03. The predicted molar refractivity (Wildman–Crippen MR) is 40.5 cm³/mol. The van der Waals surface area contributed by atoms with E-state index in [-0.39, 0.29) is 0 Å². The lowest BCUT2D eigenvalue weighted by Crippen LogP contribution is -2.04. The molecule has 0 aliphatic rings. The summed E-state index contributed by atoms with van der Waals surface area (Å²) in [6, 6.07) is 1.29. The van der Waals surface area contributed by atoms with Gasteiger partial charge in [-0.3, -0.25) is 10.1 Å². The van der Waals surface area contributed by atoms with Crippen LogP contribution >= 0.6 is 0 Å². The minimum absolute atomic E-state index is 0.532. The first-order valence-electron chi connectivity index (χ1n) is 3.50. The Balaban J connectivity index is 3.60. The van der Waals surface area contributed by atoms with Crippen molar-refractivity contribution < 1.29 is 18.1 Å². The van der Waals surface area contributed by atoms with Crippen LogP contribution in [-0.4, -0.2) is 9.91 Å². The van der Waals surface area contributed by atoms with Crippen LogP contribution in [0.15, 0.2) is 6.20 Å². The van der Waals surface area contributed by atoms with E-state index in [1.807, 2.05) is 0 Å². The molecule has 0 atom stereocenters. The molecular formula is C7H2F3N3O2. The normalized spacial score (nSPS) is 10.1. The van der Waals surface area contributed by atoms with Crippen LogP contribution in [0.2, 0.25) is 0 Å². The molecule has 1 aromatic rings. The average Bonchev–Trinajstić information content (AvgIpc) is 2.16. The summed E-state index contributed by atoms with van der Waals surface area (Å²) in [6.07, 6.45) is -2.78. The third-order valence-corrected chi connectivity index (χ3v) is 1.57. The molecule has 1 aromatic heterocycles. The predicted octanol–water partition coefficient (Wildman–Crippen LogP) is 1.94. The maximum atomic E-state index is 12.8. The van der Waals surface area contributed by atoms with Gasteiger partial charge in [0.1, 0.15) is 11.6 Å². The molecule has 0 unspecified atom stereocenters. The van der Waals surface area contributed by atoms with Gasteiger partial charge >= 0.3 is 5.69 Å². The van der Waals surface area contributed by atoms with Gasteiger partial charge in [0.15, 0.2) is 0 Å². The highest BCUT2D eigenvalue weighted by atomic mass is 19.3. The van der Waals surface area contributed by atoms with Gasteiger partial charge in [-0.25, -0.2) is 13.8 Å². The Morgan fingerprint density at radius 1 is 1.60 bits per heavy atom. The average molecular weight is 217 g/mol. The first-order valence-corrected chi connectivity index (χ1v) is 3.50. The molecule has 0 saturated carbocycles. The molecule has 0 aromatic carbocycles. The number of alkyl halides is 2. The number of hydrogen-bond donors (Lipinski definition) is 0. The van der Waals surface area contributed by atoms with E-state index in [0.717, 1.165) is 0 Å². The fraction of sp³-hybridized carbons (Fsp3) is 0.143. The summed E-state index contributed by atoms with van der Waals surface area (Å²) in [6.45, 7) is 0. The molecule has 0 saturated heterocycles. The zero-order valence-corrected chi connectivity index (χ0v) is 6.95. The van der Waals surface area contributed by atoms with Crippen LogP contribution in [0.3, 0.4) is 0 Å². The Morgan fingerprint density at radius 2 is 2.20 bits per heavy atom. The molecule has 0 N–H and O–H groups in total. The largest absolute Gasteiger partial charge is 0.334 e. The van der Waals surface area contributed by atoms with Crippen LogP contribution in [0, 0.1) is 27.4 Å². The Kier molecular flexibility index (Phi) is 2.85. The third-order valence-electron chi connectivity index (χ3n) is 1.57. The molecule has 0 fully saturated rings. The van der Waals surface area contributed by atoms with Crippen molar-refractivity contribution in [3.8, 4) is 6.07 Å². The molecule has 1 heterocycles. The fourth-order valence-corrected chi connectivity index (χ4v) is 0.974. The number of halogens is 3. The van der Waals surface area contributed by atoms with Gasteiger partial charge in [0, 0.05) is 6.20 Å². The zero-order valence-electron chi connectivity index (χ0n) is 6.95. The molecule has 0 aliphatic carbocycles. The second-order valence-electron chi connectivity index (χ2n) is 2.39. The Morgan fingerprint density at radius 3 is 2.60 bits per heavy atom. The number of aromatic nitrogens is 1. The van der Waals surface area contributed by atoms with Gasteiger partial charge in [-0.15, -0.1) is 0 Å². The number of rotatable bonds is 2. The quantitative estimate of drug-likeness (QED) is 0.430. The Bertz CT molecular complexity index is 456. The topological polar surface area (TPSA) is 79.8 Å². The summed E-state index contributed by atoms with van der Waals surface area (Å²) in [7, 11) is 0. The van der Waals surface area contributed by atoms with Gasteiger partial charge in [0.05, 0.1) is 10.5 Å². The lowest BCUT2D eigenvalue weighted by molar-refractivity contribution is -0.389. The highest BCUT2D eigenvalue weighted by Gasteiger charge is 2.30. The van der Waals surface area contributed by atoms with Crippen LogP contribution in [0.5, 0.6) is 0 Å². The van der Waals surface area contributed by atoms with Crippen molar-refractivity contribution >= 4 is 5.69 Å². The van der Waals surface area contributed by atoms with Crippen molar-refractivity contribution in [3.63, 3.8) is 0 Å². The molecule has 0 radical (unpaired) electrons. The van der Waals surface area contributed by atoms with Crippen molar-refractivity contribution in [1.29, 1.82) is 5.26 Å². The van der Waals surface area contributed by atoms with Crippen LogP contribution < -0.4 is 0 Å². The Hall–Kier alpha value is -2.17. The Labute approximate surface area is 80.9 Å². The molecule has 0 spiro atoms. The van der Waals surface area contributed by atoms with Crippen molar-refractivity contribution in [1.82, 2.24) is 4.98 Å². The van der Waals surface area contributed by atoms with Gasteiger partial charge in [0.2, 0.25) is 0 Å². The SMILES string of the molecule is N#Cc1cnc(F)c([N+](=O)[O-])c1C(F)F. The minimum atomic E-state index is -3.31. The summed E-state index contributed by atoms with van der Waals surface area (Å²) < 4.78 is 37.5. The van der Waals surface area contributed by atoms with E-state index in [2.05, 4.69) is 4.98 Å². The van der Waals surface area contributed by atoms with Gasteiger partial charge in [-0.05, 0) is 0 Å². The van der Waals surface area contributed by atoms with Gasteiger partial charge in [-0.1, -0.05) is 0 Å². The first kappa shape index (κ1) is 10.9.